The van der Waals surface area contributed by atoms with Gasteiger partial charge in [0, 0.05) is 16.8 Å². The molecule has 0 atom stereocenters. The molecular formula is C11H11FN2O2S2. The highest BCUT2D eigenvalue weighted by atomic mass is 32.2. The SMILES string of the molecule is Cc1cc(NS(=O)(=O)c2cc(N)cs2)ccc1F. The molecule has 0 saturated heterocycles. The number of halogens is 1. The van der Waals surface area contributed by atoms with Gasteiger partial charge in [-0.05, 0) is 36.8 Å². The number of thiophene rings is 1. The van der Waals surface area contributed by atoms with Gasteiger partial charge in [0.25, 0.3) is 10.0 Å². The number of nitrogens with two attached hydrogens (primary N) is 1. The van der Waals surface area contributed by atoms with Gasteiger partial charge in [-0.2, -0.15) is 0 Å². The fourth-order valence-electron chi connectivity index (χ4n) is 1.38. The normalized spacial score (nSPS) is 11.4. The van der Waals surface area contributed by atoms with E-state index in [2.05, 4.69) is 4.72 Å². The second-order valence-electron chi connectivity index (χ2n) is 3.77. The number of sulfonamides is 1. The van der Waals surface area contributed by atoms with Gasteiger partial charge in [-0.15, -0.1) is 11.3 Å². The molecule has 2 aromatic rings. The first-order valence-electron chi connectivity index (χ1n) is 5.01. The van der Waals surface area contributed by atoms with E-state index in [4.69, 9.17) is 5.73 Å². The number of hydrogen-bond acceptors (Lipinski definition) is 4. The maximum Gasteiger partial charge on any atom is 0.271 e. The number of anilines is 2. The van der Waals surface area contributed by atoms with Gasteiger partial charge in [-0.3, -0.25) is 4.72 Å². The first kappa shape index (κ1) is 12.8. The number of aryl methyl sites for hydroxylation is 1. The van der Waals surface area contributed by atoms with Crippen LogP contribution in [-0.2, 0) is 10.0 Å². The van der Waals surface area contributed by atoms with E-state index in [1.54, 1.807) is 12.3 Å². The molecule has 0 radical (unpaired) electrons. The van der Waals surface area contributed by atoms with Crippen molar-refractivity contribution in [2.24, 2.45) is 0 Å². The Kier molecular flexibility index (Phi) is 3.27. The topological polar surface area (TPSA) is 72.2 Å². The van der Waals surface area contributed by atoms with Crippen molar-refractivity contribution in [3.8, 4) is 0 Å². The summed E-state index contributed by atoms with van der Waals surface area (Å²) in [5.74, 6) is -0.377. The predicted octanol–water partition coefficient (Wildman–Crippen LogP) is 2.58. The minimum Gasteiger partial charge on any atom is -0.398 e. The van der Waals surface area contributed by atoms with Gasteiger partial charge in [0.05, 0.1) is 0 Å². The molecule has 0 saturated carbocycles. The molecule has 2 rings (SSSR count). The highest BCUT2D eigenvalue weighted by Crippen LogP contribution is 2.24. The van der Waals surface area contributed by atoms with Crippen molar-refractivity contribution in [2.75, 3.05) is 10.5 Å². The lowest BCUT2D eigenvalue weighted by Gasteiger charge is -2.07. The number of benzene rings is 1. The molecule has 0 unspecified atom stereocenters. The van der Waals surface area contributed by atoms with Crippen LogP contribution in [0.4, 0.5) is 15.8 Å². The molecule has 0 aliphatic rings. The molecular weight excluding hydrogens is 275 g/mol. The minimum atomic E-state index is -3.66. The van der Waals surface area contributed by atoms with Crippen LogP contribution in [0.5, 0.6) is 0 Å². The fourth-order valence-corrected chi connectivity index (χ4v) is 3.51. The summed E-state index contributed by atoms with van der Waals surface area (Å²) in [4.78, 5) is 0. The molecule has 18 heavy (non-hydrogen) atoms. The molecule has 7 heteroatoms. The van der Waals surface area contributed by atoms with Crippen LogP contribution in [0, 0.1) is 12.7 Å². The minimum absolute atomic E-state index is 0.127. The molecule has 1 aromatic heterocycles. The third-order valence-electron chi connectivity index (χ3n) is 2.27. The van der Waals surface area contributed by atoms with Crippen molar-refractivity contribution in [1.82, 2.24) is 0 Å². The van der Waals surface area contributed by atoms with Gasteiger partial charge in [0.2, 0.25) is 0 Å². The lowest BCUT2D eigenvalue weighted by molar-refractivity contribution is 0.602. The van der Waals surface area contributed by atoms with Gasteiger partial charge in [-0.1, -0.05) is 0 Å². The van der Waals surface area contributed by atoms with E-state index in [9.17, 15) is 12.8 Å². The van der Waals surface area contributed by atoms with Crippen LogP contribution in [0.15, 0.2) is 33.9 Å². The standard InChI is InChI=1S/C11H11FN2O2S2/c1-7-4-9(2-3-10(7)12)14-18(15,16)11-5-8(13)6-17-11/h2-6,14H,13H2,1H3. The largest absolute Gasteiger partial charge is 0.398 e. The fraction of sp³-hybridized carbons (Fsp3) is 0.0909. The highest BCUT2D eigenvalue weighted by molar-refractivity contribution is 7.94. The summed E-state index contributed by atoms with van der Waals surface area (Å²) in [6.45, 7) is 1.57. The van der Waals surface area contributed by atoms with E-state index in [-0.39, 0.29) is 10.0 Å². The van der Waals surface area contributed by atoms with E-state index in [0.717, 1.165) is 11.3 Å². The van der Waals surface area contributed by atoms with Crippen molar-refractivity contribution in [3.63, 3.8) is 0 Å². The zero-order chi connectivity index (χ0) is 13.3. The molecule has 1 heterocycles. The van der Waals surface area contributed by atoms with Crippen LogP contribution in [-0.4, -0.2) is 8.42 Å². The average Bonchev–Trinajstić information content (AvgIpc) is 2.71. The molecule has 96 valence electrons. The second kappa shape index (κ2) is 4.58. The molecule has 0 bridgehead atoms. The van der Waals surface area contributed by atoms with E-state index >= 15 is 0 Å². The first-order chi connectivity index (χ1) is 8.38. The zero-order valence-electron chi connectivity index (χ0n) is 9.48. The van der Waals surface area contributed by atoms with Crippen molar-refractivity contribution in [2.45, 2.75) is 11.1 Å². The lowest BCUT2D eigenvalue weighted by Crippen LogP contribution is -2.11. The van der Waals surface area contributed by atoms with Gasteiger partial charge < -0.3 is 5.73 Å². The number of nitrogens with one attached hydrogen (secondary N) is 1. The van der Waals surface area contributed by atoms with Crippen LogP contribution in [0.3, 0.4) is 0 Å². The summed E-state index contributed by atoms with van der Waals surface area (Å²) in [6, 6.07) is 5.40. The van der Waals surface area contributed by atoms with Gasteiger partial charge in [-0.25, -0.2) is 12.8 Å². The summed E-state index contributed by atoms with van der Waals surface area (Å²) >= 11 is 1.03. The van der Waals surface area contributed by atoms with Crippen molar-refractivity contribution in [1.29, 1.82) is 0 Å². The van der Waals surface area contributed by atoms with Crippen LogP contribution < -0.4 is 10.5 Å². The monoisotopic (exact) mass is 286 g/mol. The van der Waals surface area contributed by atoms with Gasteiger partial charge in [0.1, 0.15) is 10.0 Å². The Labute approximate surface area is 108 Å². The molecule has 0 aliphatic carbocycles. The molecule has 0 aliphatic heterocycles. The van der Waals surface area contributed by atoms with E-state index < -0.39 is 10.0 Å². The quantitative estimate of drug-likeness (QED) is 0.911. The number of hydrogen-bond donors (Lipinski definition) is 2. The summed E-state index contributed by atoms with van der Waals surface area (Å²) in [5, 5.41) is 1.55. The first-order valence-corrected chi connectivity index (χ1v) is 7.38. The summed E-state index contributed by atoms with van der Waals surface area (Å²) in [5.41, 5.74) is 6.58. The Bertz CT molecular complexity index is 680. The molecule has 4 nitrogen and oxygen atoms in total. The molecule has 3 N–H and O–H groups in total. The van der Waals surface area contributed by atoms with E-state index in [1.807, 2.05) is 0 Å². The van der Waals surface area contributed by atoms with Crippen molar-refractivity contribution < 1.29 is 12.8 Å². The maximum absolute atomic E-state index is 13.1. The summed E-state index contributed by atoms with van der Waals surface area (Å²) in [7, 11) is -3.66. The third-order valence-corrected chi connectivity index (χ3v) is 5.11. The Hall–Kier alpha value is -1.60. The summed E-state index contributed by atoms with van der Waals surface area (Å²) in [6.07, 6.45) is 0. The Morgan fingerprint density at radius 1 is 1.33 bits per heavy atom. The van der Waals surface area contributed by atoms with Crippen molar-refractivity contribution in [3.05, 3.63) is 41.0 Å². The zero-order valence-corrected chi connectivity index (χ0v) is 11.1. The Morgan fingerprint density at radius 2 is 2.06 bits per heavy atom. The van der Waals surface area contributed by atoms with Crippen molar-refractivity contribution >= 4 is 32.7 Å². The van der Waals surface area contributed by atoms with E-state index in [0.29, 0.717) is 16.9 Å². The number of nitrogen functional groups attached to an aromatic ring is 1. The lowest BCUT2D eigenvalue weighted by atomic mass is 10.2. The average molecular weight is 286 g/mol. The molecule has 0 spiro atoms. The maximum atomic E-state index is 13.1. The van der Waals surface area contributed by atoms with Gasteiger partial charge >= 0.3 is 0 Å². The Balaban J connectivity index is 2.30. The highest BCUT2D eigenvalue weighted by Gasteiger charge is 2.16. The van der Waals surface area contributed by atoms with Crippen LogP contribution in [0.2, 0.25) is 0 Å². The smallest absolute Gasteiger partial charge is 0.271 e. The second-order valence-corrected chi connectivity index (χ2v) is 6.59. The summed E-state index contributed by atoms with van der Waals surface area (Å²) < 4.78 is 39.5. The number of rotatable bonds is 3. The van der Waals surface area contributed by atoms with Crippen LogP contribution >= 0.6 is 11.3 Å². The predicted molar refractivity (Wildman–Crippen MR) is 70.7 cm³/mol. The molecule has 0 amide bonds. The molecule has 0 fully saturated rings. The van der Waals surface area contributed by atoms with Gasteiger partial charge in [0.15, 0.2) is 0 Å². The van der Waals surface area contributed by atoms with Crippen LogP contribution in [0.1, 0.15) is 5.56 Å². The van der Waals surface area contributed by atoms with E-state index in [1.165, 1.54) is 24.3 Å². The third kappa shape index (κ3) is 2.62. The van der Waals surface area contributed by atoms with Crippen LogP contribution in [0.25, 0.3) is 0 Å². The Morgan fingerprint density at radius 3 is 2.61 bits per heavy atom. The molecule has 1 aromatic carbocycles.